The first-order valence-electron chi connectivity index (χ1n) is 9.26. The average molecular weight is 568 g/mol. The Hall–Kier alpha value is -2.56. The summed E-state index contributed by atoms with van der Waals surface area (Å²) in [6.45, 7) is -1.11. The fourth-order valence-electron chi connectivity index (χ4n) is 2.90. The zero-order valence-electron chi connectivity index (χ0n) is 16.7. The molecule has 3 rings (SSSR count). The van der Waals surface area contributed by atoms with E-state index in [4.69, 9.17) is 62.7 Å². The van der Waals surface area contributed by atoms with Crippen molar-refractivity contribution < 1.29 is 28.7 Å². The molecule has 0 bridgehead atoms. The summed E-state index contributed by atoms with van der Waals surface area (Å²) in [5, 5.41) is -0.639. The Bertz CT molecular complexity index is 1190. The summed E-state index contributed by atoms with van der Waals surface area (Å²) >= 11 is 29.8. The van der Waals surface area contributed by atoms with Crippen molar-refractivity contribution in [1.29, 1.82) is 0 Å². The maximum Gasteiger partial charge on any atom is 0.308 e. The highest BCUT2D eigenvalue weighted by molar-refractivity contribution is 6.55. The summed E-state index contributed by atoms with van der Waals surface area (Å²) < 4.78 is 4.79. The summed E-state index contributed by atoms with van der Waals surface area (Å²) in [5.74, 6) is -4.01. The molecule has 34 heavy (non-hydrogen) atoms. The Kier molecular flexibility index (Phi) is 8.27. The van der Waals surface area contributed by atoms with Crippen molar-refractivity contribution in [3.8, 4) is 0 Å². The molecule has 2 N–H and O–H groups in total. The highest BCUT2D eigenvalue weighted by Gasteiger charge is 2.41. The minimum absolute atomic E-state index is 0.130. The molecule has 0 saturated carbocycles. The molecule has 14 heteroatoms. The summed E-state index contributed by atoms with van der Waals surface area (Å²) in [6.07, 6.45) is -0.429. The van der Waals surface area contributed by atoms with Crippen molar-refractivity contribution >= 4 is 87.6 Å². The molecule has 9 nitrogen and oxygen atoms in total. The van der Waals surface area contributed by atoms with Crippen LogP contribution >= 0.6 is 58.0 Å². The molecule has 0 radical (unpaired) electrons. The van der Waals surface area contributed by atoms with Gasteiger partial charge in [-0.05, 0) is 12.1 Å². The lowest BCUT2D eigenvalue weighted by molar-refractivity contribution is -0.148. The first-order chi connectivity index (χ1) is 16.0. The van der Waals surface area contributed by atoms with Crippen LogP contribution in [0.2, 0.25) is 25.1 Å². The molecule has 0 fully saturated rings. The number of rotatable bonds is 6. The summed E-state index contributed by atoms with van der Waals surface area (Å²) in [6, 6.07) is 6.17. The molecule has 0 aliphatic carbocycles. The third-order valence-electron chi connectivity index (χ3n) is 4.52. The number of hydrogen-bond donors (Lipinski definition) is 2. The Labute approximate surface area is 217 Å². The lowest BCUT2D eigenvalue weighted by Gasteiger charge is -2.13. The second-order valence-corrected chi connectivity index (χ2v) is 8.58. The fraction of sp³-hybridized carbons (Fsp3) is 0.150. The molecular formula is C20H12Cl5N3O6. The number of nitrogens with one attached hydrogen (secondary N) is 2. The third kappa shape index (κ3) is 5.24. The quantitative estimate of drug-likeness (QED) is 0.179. The number of carbonyl (C=O) groups is 5. The lowest BCUT2D eigenvalue weighted by atomic mass is 10.1. The van der Waals surface area contributed by atoms with Gasteiger partial charge in [0.1, 0.15) is 0 Å². The topological polar surface area (TPSA) is 122 Å². The van der Waals surface area contributed by atoms with Gasteiger partial charge in [-0.15, -0.1) is 0 Å². The van der Waals surface area contributed by atoms with E-state index in [0.717, 1.165) is 4.90 Å². The van der Waals surface area contributed by atoms with Gasteiger partial charge in [-0.3, -0.25) is 39.7 Å². The van der Waals surface area contributed by atoms with E-state index < -0.39 is 42.6 Å². The van der Waals surface area contributed by atoms with Crippen LogP contribution in [-0.2, 0) is 14.3 Å². The maximum absolute atomic E-state index is 12.6. The fourth-order valence-corrected chi connectivity index (χ4v) is 4.13. The maximum atomic E-state index is 12.6. The summed E-state index contributed by atoms with van der Waals surface area (Å²) in [7, 11) is 0. The first kappa shape index (κ1) is 26.1. The molecule has 0 aromatic heterocycles. The monoisotopic (exact) mass is 565 g/mol. The Morgan fingerprint density at radius 1 is 0.824 bits per heavy atom. The van der Waals surface area contributed by atoms with Crippen LogP contribution in [0.15, 0.2) is 24.3 Å². The van der Waals surface area contributed by atoms with Gasteiger partial charge < -0.3 is 4.74 Å². The number of carbonyl (C=O) groups excluding carboxylic acids is 5. The predicted molar refractivity (Wildman–Crippen MR) is 124 cm³/mol. The molecule has 0 atom stereocenters. The van der Waals surface area contributed by atoms with Crippen LogP contribution in [0.1, 0.15) is 37.5 Å². The SMILES string of the molecule is O=C(COC(=O)CCN1C(=O)c2c(Cl)c(Cl)c(Cl)c(Cl)c2C1=O)NNC(=O)c1ccccc1Cl. The van der Waals surface area contributed by atoms with Gasteiger partial charge in [-0.25, -0.2) is 0 Å². The van der Waals surface area contributed by atoms with E-state index in [-0.39, 0.29) is 48.3 Å². The van der Waals surface area contributed by atoms with Gasteiger partial charge in [0.05, 0.1) is 48.2 Å². The number of amides is 4. The van der Waals surface area contributed by atoms with Crippen LogP contribution in [0.4, 0.5) is 0 Å². The van der Waals surface area contributed by atoms with Crippen molar-refractivity contribution in [2.75, 3.05) is 13.2 Å². The zero-order chi connectivity index (χ0) is 25.2. The van der Waals surface area contributed by atoms with Gasteiger partial charge in [0.2, 0.25) is 0 Å². The molecule has 178 valence electrons. The minimum Gasteiger partial charge on any atom is -0.455 e. The summed E-state index contributed by atoms with van der Waals surface area (Å²) in [4.78, 5) is 61.7. The smallest absolute Gasteiger partial charge is 0.308 e. The van der Waals surface area contributed by atoms with E-state index in [0.29, 0.717) is 0 Å². The van der Waals surface area contributed by atoms with Crippen LogP contribution < -0.4 is 10.9 Å². The van der Waals surface area contributed by atoms with E-state index in [1.807, 2.05) is 0 Å². The lowest BCUT2D eigenvalue weighted by Crippen LogP contribution is -2.43. The normalized spacial score (nSPS) is 12.4. The highest BCUT2D eigenvalue weighted by atomic mass is 35.5. The van der Waals surface area contributed by atoms with E-state index >= 15 is 0 Å². The van der Waals surface area contributed by atoms with Gasteiger partial charge >= 0.3 is 5.97 Å². The molecule has 1 heterocycles. The van der Waals surface area contributed by atoms with Crippen molar-refractivity contribution in [2.45, 2.75) is 6.42 Å². The van der Waals surface area contributed by atoms with Gasteiger partial charge in [0, 0.05) is 6.54 Å². The van der Waals surface area contributed by atoms with Crippen molar-refractivity contribution in [3.05, 3.63) is 66.1 Å². The molecule has 4 amide bonds. The summed E-state index contributed by atoms with van der Waals surface area (Å²) in [5.41, 5.74) is 3.89. The number of imide groups is 1. The largest absolute Gasteiger partial charge is 0.455 e. The van der Waals surface area contributed by atoms with Crippen molar-refractivity contribution in [1.82, 2.24) is 15.8 Å². The Balaban J connectivity index is 1.50. The number of hydrogen-bond acceptors (Lipinski definition) is 6. The van der Waals surface area contributed by atoms with Crippen LogP contribution in [-0.4, -0.2) is 47.6 Å². The molecule has 0 spiro atoms. The van der Waals surface area contributed by atoms with E-state index in [2.05, 4.69) is 10.9 Å². The number of halogens is 5. The molecular weight excluding hydrogens is 556 g/mol. The molecule has 0 unspecified atom stereocenters. The van der Waals surface area contributed by atoms with E-state index in [9.17, 15) is 24.0 Å². The van der Waals surface area contributed by atoms with E-state index in [1.165, 1.54) is 12.1 Å². The van der Waals surface area contributed by atoms with Crippen molar-refractivity contribution in [2.24, 2.45) is 0 Å². The van der Waals surface area contributed by atoms with E-state index in [1.54, 1.807) is 12.1 Å². The number of esters is 1. The minimum atomic E-state index is -0.891. The van der Waals surface area contributed by atoms with Gasteiger partial charge in [0.15, 0.2) is 6.61 Å². The van der Waals surface area contributed by atoms with Crippen molar-refractivity contribution in [3.63, 3.8) is 0 Å². The molecule has 0 saturated heterocycles. The van der Waals surface area contributed by atoms with Crippen LogP contribution in [0.3, 0.4) is 0 Å². The van der Waals surface area contributed by atoms with Gasteiger partial charge in [0.25, 0.3) is 23.6 Å². The standard InChI is InChI=1S/C20H12Cl5N3O6/c21-9-4-2-1-3-8(9)18(31)27-26-10(29)7-34-11(30)5-6-28-19(32)12-13(20(28)33)15(23)17(25)16(24)14(12)22/h1-4H,5-7H2,(H,26,29)(H,27,31). The van der Waals surface area contributed by atoms with Crippen LogP contribution in [0.5, 0.6) is 0 Å². The number of benzene rings is 2. The number of nitrogens with zero attached hydrogens (tertiary/aromatic N) is 1. The van der Waals surface area contributed by atoms with Gasteiger partial charge in [-0.2, -0.15) is 0 Å². The predicted octanol–water partition coefficient (Wildman–Crippen LogP) is 3.94. The van der Waals surface area contributed by atoms with Crippen LogP contribution in [0, 0.1) is 0 Å². The zero-order valence-corrected chi connectivity index (χ0v) is 20.5. The number of ether oxygens (including phenoxy) is 1. The van der Waals surface area contributed by atoms with Gasteiger partial charge in [-0.1, -0.05) is 70.1 Å². The molecule has 2 aromatic carbocycles. The molecule has 1 aliphatic rings. The molecule has 2 aromatic rings. The highest BCUT2D eigenvalue weighted by Crippen LogP contribution is 2.44. The second kappa shape index (κ2) is 10.8. The Morgan fingerprint density at radius 2 is 1.38 bits per heavy atom. The molecule has 1 aliphatic heterocycles. The number of hydrazine groups is 1. The third-order valence-corrected chi connectivity index (χ3v) is 6.65. The second-order valence-electron chi connectivity index (χ2n) is 6.66. The van der Waals surface area contributed by atoms with Crippen LogP contribution in [0.25, 0.3) is 0 Å². The number of fused-ring (bicyclic) bond motifs is 1. The average Bonchev–Trinajstić information content (AvgIpc) is 3.06. The Morgan fingerprint density at radius 3 is 1.94 bits per heavy atom. The first-order valence-corrected chi connectivity index (χ1v) is 11.1.